The SMILES string of the molecule is CC(C(=O)NC(CC(=O)O)c1cccc(Br)c1)C1CCOCC1. The summed E-state index contributed by atoms with van der Waals surface area (Å²) in [5, 5.41) is 12.0. The molecule has 0 aliphatic carbocycles. The van der Waals surface area contributed by atoms with Crippen molar-refractivity contribution in [3.63, 3.8) is 0 Å². The van der Waals surface area contributed by atoms with E-state index in [2.05, 4.69) is 21.2 Å². The van der Waals surface area contributed by atoms with Gasteiger partial charge >= 0.3 is 5.97 Å². The van der Waals surface area contributed by atoms with E-state index >= 15 is 0 Å². The van der Waals surface area contributed by atoms with Crippen molar-refractivity contribution in [2.24, 2.45) is 11.8 Å². The summed E-state index contributed by atoms with van der Waals surface area (Å²) in [6.07, 6.45) is 1.60. The molecule has 2 N–H and O–H groups in total. The van der Waals surface area contributed by atoms with Crippen LogP contribution in [0.3, 0.4) is 0 Å². The van der Waals surface area contributed by atoms with E-state index in [-0.39, 0.29) is 24.2 Å². The Morgan fingerprint density at radius 3 is 2.70 bits per heavy atom. The Morgan fingerprint density at radius 2 is 2.09 bits per heavy atom. The fraction of sp³-hybridized carbons (Fsp3) is 0.529. The van der Waals surface area contributed by atoms with Crippen LogP contribution in [0.5, 0.6) is 0 Å². The average molecular weight is 384 g/mol. The lowest BCUT2D eigenvalue weighted by Crippen LogP contribution is -2.38. The molecular formula is C17H22BrNO4. The molecular weight excluding hydrogens is 362 g/mol. The molecule has 0 radical (unpaired) electrons. The molecule has 2 rings (SSSR count). The summed E-state index contributed by atoms with van der Waals surface area (Å²) in [4.78, 5) is 23.7. The maximum absolute atomic E-state index is 12.5. The first-order chi connectivity index (χ1) is 11.0. The lowest BCUT2D eigenvalue weighted by molar-refractivity contribution is -0.138. The molecule has 0 bridgehead atoms. The van der Waals surface area contributed by atoms with Crippen LogP contribution >= 0.6 is 15.9 Å². The molecule has 1 aromatic carbocycles. The average Bonchev–Trinajstić information content (AvgIpc) is 2.54. The maximum atomic E-state index is 12.5. The number of rotatable bonds is 6. The van der Waals surface area contributed by atoms with Crippen molar-refractivity contribution in [3.8, 4) is 0 Å². The Hall–Kier alpha value is -1.40. The molecule has 5 nitrogen and oxygen atoms in total. The third-order valence-electron chi connectivity index (χ3n) is 4.33. The van der Waals surface area contributed by atoms with E-state index in [4.69, 9.17) is 9.84 Å². The van der Waals surface area contributed by atoms with E-state index in [1.54, 1.807) is 0 Å². The van der Waals surface area contributed by atoms with Crippen LogP contribution in [-0.4, -0.2) is 30.2 Å². The lowest BCUT2D eigenvalue weighted by atomic mass is 9.86. The summed E-state index contributed by atoms with van der Waals surface area (Å²) in [6.45, 7) is 3.28. The summed E-state index contributed by atoms with van der Waals surface area (Å²) >= 11 is 3.38. The number of amides is 1. The number of ether oxygens (including phenoxy) is 1. The van der Waals surface area contributed by atoms with Crippen molar-refractivity contribution in [1.82, 2.24) is 5.32 Å². The van der Waals surface area contributed by atoms with Gasteiger partial charge in [-0.3, -0.25) is 9.59 Å². The summed E-state index contributed by atoms with van der Waals surface area (Å²) in [5.41, 5.74) is 0.786. The Bertz CT molecular complexity index is 557. The van der Waals surface area contributed by atoms with E-state index < -0.39 is 12.0 Å². The Kier molecular flexibility index (Phi) is 6.59. The van der Waals surface area contributed by atoms with Crippen LogP contribution < -0.4 is 5.32 Å². The van der Waals surface area contributed by atoms with Crippen LogP contribution in [0.25, 0.3) is 0 Å². The van der Waals surface area contributed by atoms with Gasteiger partial charge in [-0.15, -0.1) is 0 Å². The monoisotopic (exact) mass is 383 g/mol. The molecule has 1 aliphatic rings. The van der Waals surface area contributed by atoms with Gasteiger partial charge in [0.25, 0.3) is 0 Å². The molecule has 1 aliphatic heterocycles. The third-order valence-corrected chi connectivity index (χ3v) is 4.83. The zero-order chi connectivity index (χ0) is 16.8. The first kappa shape index (κ1) is 17.9. The molecule has 126 valence electrons. The number of hydrogen-bond acceptors (Lipinski definition) is 3. The highest BCUT2D eigenvalue weighted by Crippen LogP contribution is 2.26. The third kappa shape index (κ3) is 5.32. The van der Waals surface area contributed by atoms with E-state index in [0.717, 1.165) is 22.9 Å². The van der Waals surface area contributed by atoms with Crippen LogP contribution in [0, 0.1) is 11.8 Å². The number of benzene rings is 1. The van der Waals surface area contributed by atoms with Crippen molar-refractivity contribution in [2.75, 3.05) is 13.2 Å². The summed E-state index contributed by atoms with van der Waals surface area (Å²) < 4.78 is 6.19. The highest BCUT2D eigenvalue weighted by Gasteiger charge is 2.28. The molecule has 2 unspecified atom stereocenters. The molecule has 2 atom stereocenters. The largest absolute Gasteiger partial charge is 0.481 e. The highest BCUT2D eigenvalue weighted by atomic mass is 79.9. The Balaban J connectivity index is 2.07. The fourth-order valence-corrected chi connectivity index (χ4v) is 3.30. The fourth-order valence-electron chi connectivity index (χ4n) is 2.88. The minimum atomic E-state index is -0.936. The van der Waals surface area contributed by atoms with Crippen molar-refractivity contribution in [1.29, 1.82) is 0 Å². The first-order valence-corrected chi connectivity index (χ1v) is 8.62. The van der Waals surface area contributed by atoms with Gasteiger partial charge < -0.3 is 15.2 Å². The number of hydrogen-bond donors (Lipinski definition) is 2. The van der Waals surface area contributed by atoms with Gasteiger partial charge in [-0.2, -0.15) is 0 Å². The lowest BCUT2D eigenvalue weighted by Gasteiger charge is -2.28. The number of carboxylic acid groups (broad SMARTS) is 1. The predicted octanol–water partition coefficient (Wildman–Crippen LogP) is 3.14. The molecule has 0 saturated carbocycles. The van der Waals surface area contributed by atoms with Crippen LogP contribution in [-0.2, 0) is 14.3 Å². The Labute approximate surface area is 144 Å². The topological polar surface area (TPSA) is 75.6 Å². The van der Waals surface area contributed by atoms with Crippen molar-refractivity contribution >= 4 is 27.8 Å². The van der Waals surface area contributed by atoms with Gasteiger partial charge in [0.05, 0.1) is 12.5 Å². The van der Waals surface area contributed by atoms with Crippen molar-refractivity contribution in [3.05, 3.63) is 34.3 Å². The van der Waals surface area contributed by atoms with E-state index in [1.807, 2.05) is 31.2 Å². The van der Waals surface area contributed by atoms with Crippen LogP contribution in [0.2, 0.25) is 0 Å². The second-order valence-electron chi connectivity index (χ2n) is 5.95. The number of carbonyl (C=O) groups is 2. The molecule has 0 aromatic heterocycles. The number of carbonyl (C=O) groups excluding carboxylic acids is 1. The standard InChI is InChI=1S/C17H22BrNO4/c1-11(12-5-7-23-8-6-12)17(22)19-15(10-16(20)21)13-3-2-4-14(18)9-13/h2-4,9,11-12,15H,5-8,10H2,1H3,(H,19,22)(H,20,21). The minimum absolute atomic E-state index is 0.0943. The minimum Gasteiger partial charge on any atom is -0.481 e. The van der Waals surface area contributed by atoms with Gasteiger partial charge in [-0.1, -0.05) is 35.0 Å². The molecule has 1 amide bonds. The summed E-state index contributed by atoms with van der Waals surface area (Å²) in [7, 11) is 0. The van der Waals surface area contributed by atoms with Crippen LogP contribution in [0.4, 0.5) is 0 Å². The first-order valence-electron chi connectivity index (χ1n) is 7.82. The number of aliphatic carboxylic acids is 1. The van der Waals surface area contributed by atoms with E-state index in [9.17, 15) is 9.59 Å². The molecule has 6 heteroatoms. The maximum Gasteiger partial charge on any atom is 0.305 e. The van der Waals surface area contributed by atoms with Crippen LogP contribution in [0.15, 0.2) is 28.7 Å². The van der Waals surface area contributed by atoms with Gasteiger partial charge in [0, 0.05) is 23.6 Å². The van der Waals surface area contributed by atoms with Crippen molar-refractivity contribution in [2.45, 2.75) is 32.2 Å². The second kappa shape index (κ2) is 8.45. The van der Waals surface area contributed by atoms with E-state index in [0.29, 0.717) is 13.2 Å². The van der Waals surface area contributed by atoms with Crippen molar-refractivity contribution < 1.29 is 19.4 Å². The van der Waals surface area contributed by atoms with Crippen LogP contribution in [0.1, 0.15) is 37.8 Å². The zero-order valence-corrected chi connectivity index (χ0v) is 14.7. The molecule has 23 heavy (non-hydrogen) atoms. The molecule has 0 spiro atoms. The van der Waals surface area contributed by atoms with Gasteiger partial charge in [-0.25, -0.2) is 0 Å². The highest BCUT2D eigenvalue weighted by molar-refractivity contribution is 9.10. The quantitative estimate of drug-likeness (QED) is 0.790. The molecule has 1 aromatic rings. The van der Waals surface area contributed by atoms with Gasteiger partial charge in [0.1, 0.15) is 0 Å². The Morgan fingerprint density at radius 1 is 1.39 bits per heavy atom. The smallest absolute Gasteiger partial charge is 0.305 e. The second-order valence-corrected chi connectivity index (χ2v) is 6.87. The number of carboxylic acids is 1. The molecule has 1 saturated heterocycles. The normalized spacial score (nSPS) is 18.2. The van der Waals surface area contributed by atoms with E-state index in [1.165, 1.54) is 0 Å². The molecule has 1 heterocycles. The van der Waals surface area contributed by atoms with Gasteiger partial charge in [0.2, 0.25) is 5.91 Å². The zero-order valence-electron chi connectivity index (χ0n) is 13.1. The summed E-state index contributed by atoms with van der Waals surface area (Å²) in [5.74, 6) is -0.892. The van der Waals surface area contributed by atoms with Gasteiger partial charge in [0.15, 0.2) is 0 Å². The number of halogens is 1. The number of nitrogens with one attached hydrogen (secondary N) is 1. The summed E-state index contributed by atoms with van der Waals surface area (Å²) in [6, 6.07) is 6.85. The molecule has 1 fully saturated rings. The predicted molar refractivity (Wildman–Crippen MR) is 90.0 cm³/mol. The van der Waals surface area contributed by atoms with Gasteiger partial charge in [-0.05, 0) is 36.5 Å².